The summed E-state index contributed by atoms with van der Waals surface area (Å²) in [4.78, 5) is 11.9. The fourth-order valence-corrected chi connectivity index (χ4v) is 4.16. The lowest BCUT2D eigenvalue weighted by atomic mass is 10.3. The summed E-state index contributed by atoms with van der Waals surface area (Å²) in [6.45, 7) is 5.84. The number of nitrogens with one attached hydrogen (secondary N) is 1. The molecule has 0 aliphatic rings. The first-order valence-electron chi connectivity index (χ1n) is 6.74. The SMILES string of the molecule is C=C(C)CSc1nnc(SCC(=O)Nc2ccc(OC)cc2)s1. The highest BCUT2D eigenvalue weighted by atomic mass is 32.2. The van der Waals surface area contributed by atoms with E-state index in [1.807, 2.05) is 6.92 Å². The molecule has 2 aromatic rings. The zero-order chi connectivity index (χ0) is 16.7. The maximum atomic E-state index is 11.9. The van der Waals surface area contributed by atoms with Crippen molar-refractivity contribution in [1.29, 1.82) is 0 Å². The van der Waals surface area contributed by atoms with Gasteiger partial charge < -0.3 is 10.1 Å². The van der Waals surface area contributed by atoms with Gasteiger partial charge >= 0.3 is 0 Å². The number of anilines is 1. The van der Waals surface area contributed by atoms with E-state index in [0.29, 0.717) is 5.75 Å². The normalized spacial score (nSPS) is 10.3. The number of methoxy groups -OCH3 is 1. The number of hydrogen-bond acceptors (Lipinski definition) is 7. The minimum absolute atomic E-state index is 0.0773. The van der Waals surface area contributed by atoms with E-state index in [4.69, 9.17) is 4.74 Å². The third-order valence-corrected chi connectivity index (χ3v) is 5.95. The van der Waals surface area contributed by atoms with Crippen molar-refractivity contribution in [3.63, 3.8) is 0 Å². The van der Waals surface area contributed by atoms with Gasteiger partial charge in [0.1, 0.15) is 5.75 Å². The number of nitrogens with zero attached hydrogens (tertiary/aromatic N) is 2. The Kier molecular flexibility index (Phi) is 6.94. The first kappa shape index (κ1) is 17.8. The first-order chi connectivity index (χ1) is 11.1. The van der Waals surface area contributed by atoms with Crippen LogP contribution in [0, 0.1) is 0 Å². The maximum absolute atomic E-state index is 11.9. The molecule has 0 atom stereocenters. The highest BCUT2D eigenvalue weighted by Crippen LogP contribution is 2.29. The molecule has 0 aliphatic heterocycles. The third-order valence-electron chi connectivity index (χ3n) is 2.53. The fraction of sp³-hybridized carbons (Fsp3) is 0.267. The largest absolute Gasteiger partial charge is 0.497 e. The Morgan fingerprint density at radius 2 is 1.83 bits per heavy atom. The maximum Gasteiger partial charge on any atom is 0.234 e. The van der Waals surface area contributed by atoms with Crippen LogP contribution in [-0.4, -0.2) is 34.7 Å². The van der Waals surface area contributed by atoms with Gasteiger partial charge in [-0.15, -0.1) is 10.2 Å². The molecular formula is C15H17N3O2S3. The molecule has 0 fully saturated rings. The molecule has 0 spiro atoms. The topological polar surface area (TPSA) is 64.1 Å². The molecule has 8 heteroatoms. The number of carbonyl (C=O) groups excluding carboxylic acids is 1. The van der Waals surface area contributed by atoms with Gasteiger partial charge in [0.25, 0.3) is 0 Å². The molecule has 0 unspecified atom stereocenters. The second-order valence-corrected chi connectivity index (χ2v) is 8.07. The van der Waals surface area contributed by atoms with E-state index in [2.05, 4.69) is 22.1 Å². The molecule has 1 amide bonds. The van der Waals surface area contributed by atoms with Gasteiger partial charge in [0.15, 0.2) is 8.68 Å². The molecule has 0 aliphatic carbocycles. The standard InChI is InChI=1S/C15H17N3O2S3/c1-10(2)8-21-14-17-18-15(23-14)22-9-13(19)16-11-4-6-12(20-3)7-5-11/h4-7H,1,8-9H2,2-3H3,(H,16,19). The molecule has 0 radical (unpaired) electrons. The van der Waals surface area contributed by atoms with Crippen LogP contribution in [0.1, 0.15) is 6.92 Å². The lowest BCUT2D eigenvalue weighted by Crippen LogP contribution is -2.13. The molecule has 0 saturated carbocycles. The van der Waals surface area contributed by atoms with Crippen molar-refractivity contribution >= 4 is 46.5 Å². The quantitative estimate of drug-likeness (QED) is 0.563. The molecule has 23 heavy (non-hydrogen) atoms. The number of thioether (sulfide) groups is 2. The summed E-state index contributed by atoms with van der Waals surface area (Å²) in [6.07, 6.45) is 0. The molecule has 1 aromatic heterocycles. The molecular weight excluding hydrogens is 350 g/mol. The van der Waals surface area contributed by atoms with Crippen molar-refractivity contribution < 1.29 is 9.53 Å². The molecule has 0 bridgehead atoms. The first-order valence-corrected chi connectivity index (χ1v) is 9.53. The van der Waals surface area contributed by atoms with Gasteiger partial charge in [-0.05, 0) is 31.2 Å². The predicted molar refractivity (Wildman–Crippen MR) is 97.8 cm³/mol. The van der Waals surface area contributed by atoms with Crippen LogP contribution in [0.15, 0.2) is 45.1 Å². The van der Waals surface area contributed by atoms with Crippen molar-refractivity contribution in [3.05, 3.63) is 36.4 Å². The van der Waals surface area contributed by atoms with Crippen LogP contribution < -0.4 is 10.1 Å². The Morgan fingerprint density at radius 1 is 1.22 bits per heavy atom. The van der Waals surface area contributed by atoms with Gasteiger partial charge in [0, 0.05) is 11.4 Å². The summed E-state index contributed by atoms with van der Waals surface area (Å²) in [5, 5.41) is 11.0. The molecule has 2 rings (SSSR count). The molecule has 122 valence electrons. The Labute approximate surface area is 147 Å². The van der Waals surface area contributed by atoms with Gasteiger partial charge in [-0.25, -0.2) is 0 Å². The lowest BCUT2D eigenvalue weighted by molar-refractivity contribution is -0.113. The van der Waals surface area contributed by atoms with Crippen molar-refractivity contribution in [2.24, 2.45) is 0 Å². The van der Waals surface area contributed by atoms with E-state index in [-0.39, 0.29) is 5.91 Å². The van der Waals surface area contributed by atoms with Gasteiger partial charge in [0.2, 0.25) is 5.91 Å². The van der Waals surface area contributed by atoms with Gasteiger partial charge in [-0.3, -0.25) is 4.79 Å². The highest BCUT2D eigenvalue weighted by molar-refractivity contribution is 8.03. The number of aromatic nitrogens is 2. The highest BCUT2D eigenvalue weighted by Gasteiger charge is 2.09. The Bertz CT molecular complexity index is 671. The summed E-state index contributed by atoms with van der Waals surface area (Å²) in [5.74, 6) is 1.81. The Balaban J connectivity index is 1.78. The minimum atomic E-state index is -0.0773. The third kappa shape index (κ3) is 6.25. The fourth-order valence-electron chi connectivity index (χ4n) is 1.50. The summed E-state index contributed by atoms with van der Waals surface area (Å²) >= 11 is 4.49. The van der Waals surface area contributed by atoms with E-state index in [9.17, 15) is 4.79 Å². The van der Waals surface area contributed by atoms with E-state index in [0.717, 1.165) is 31.4 Å². The van der Waals surface area contributed by atoms with Crippen LogP contribution in [0.2, 0.25) is 0 Å². The zero-order valence-corrected chi connectivity index (χ0v) is 15.3. The molecule has 1 N–H and O–H groups in total. The van der Waals surface area contributed by atoms with Gasteiger partial charge in [0.05, 0.1) is 12.9 Å². The summed E-state index contributed by atoms with van der Waals surface area (Å²) in [5.41, 5.74) is 1.84. The summed E-state index contributed by atoms with van der Waals surface area (Å²) in [6, 6.07) is 7.22. The number of carbonyl (C=O) groups is 1. The number of ether oxygens (including phenoxy) is 1. The van der Waals surface area contributed by atoms with Crippen molar-refractivity contribution in [3.8, 4) is 5.75 Å². The number of rotatable bonds is 8. The minimum Gasteiger partial charge on any atom is -0.497 e. The van der Waals surface area contributed by atoms with Crippen LogP contribution in [-0.2, 0) is 4.79 Å². The lowest BCUT2D eigenvalue weighted by Gasteiger charge is -2.05. The molecule has 1 heterocycles. The second-order valence-electron chi connectivity index (χ2n) is 4.65. The van der Waals surface area contributed by atoms with Crippen molar-refractivity contribution in [2.75, 3.05) is 23.9 Å². The molecule has 0 saturated heterocycles. The Morgan fingerprint density at radius 3 is 2.39 bits per heavy atom. The number of amides is 1. The van der Waals surface area contributed by atoms with Gasteiger partial charge in [-0.2, -0.15) is 0 Å². The monoisotopic (exact) mass is 367 g/mol. The van der Waals surface area contributed by atoms with Crippen LogP contribution in [0.25, 0.3) is 0 Å². The van der Waals surface area contributed by atoms with Crippen LogP contribution in [0.4, 0.5) is 5.69 Å². The van der Waals surface area contributed by atoms with E-state index in [1.165, 1.54) is 23.1 Å². The van der Waals surface area contributed by atoms with E-state index in [1.54, 1.807) is 43.1 Å². The van der Waals surface area contributed by atoms with Crippen LogP contribution in [0.5, 0.6) is 5.75 Å². The molecule has 1 aromatic carbocycles. The summed E-state index contributed by atoms with van der Waals surface area (Å²) < 4.78 is 6.76. The van der Waals surface area contributed by atoms with Crippen LogP contribution in [0.3, 0.4) is 0 Å². The second kappa shape index (κ2) is 8.95. The van der Waals surface area contributed by atoms with E-state index < -0.39 is 0 Å². The smallest absolute Gasteiger partial charge is 0.234 e. The van der Waals surface area contributed by atoms with Crippen LogP contribution >= 0.6 is 34.9 Å². The number of benzene rings is 1. The van der Waals surface area contributed by atoms with Crippen molar-refractivity contribution in [2.45, 2.75) is 15.6 Å². The van der Waals surface area contributed by atoms with Crippen molar-refractivity contribution in [1.82, 2.24) is 10.2 Å². The zero-order valence-electron chi connectivity index (χ0n) is 12.9. The average Bonchev–Trinajstić information content (AvgIpc) is 3.00. The van der Waals surface area contributed by atoms with E-state index >= 15 is 0 Å². The Hall–Kier alpha value is -1.51. The summed E-state index contributed by atoms with van der Waals surface area (Å²) in [7, 11) is 1.61. The predicted octanol–water partition coefficient (Wildman–Crippen LogP) is 3.95. The molecule has 5 nitrogen and oxygen atoms in total. The number of hydrogen-bond donors (Lipinski definition) is 1. The van der Waals surface area contributed by atoms with Gasteiger partial charge in [-0.1, -0.05) is 47.0 Å². The average molecular weight is 368 g/mol.